The number of aromatic nitrogens is 2. The zero-order chi connectivity index (χ0) is 12.7. The van der Waals surface area contributed by atoms with E-state index in [2.05, 4.69) is 23.6 Å². The van der Waals surface area contributed by atoms with Gasteiger partial charge in [0, 0.05) is 24.8 Å². The summed E-state index contributed by atoms with van der Waals surface area (Å²) in [6.45, 7) is 4.28. The SMILES string of the molecule is CCCCCCCC(NN)c1cn(C)nc1C. The highest BCUT2D eigenvalue weighted by Gasteiger charge is 2.14. The Morgan fingerprint density at radius 3 is 2.59 bits per heavy atom. The molecule has 0 saturated heterocycles. The van der Waals surface area contributed by atoms with Crippen molar-refractivity contribution in [3.05, 3.63) is 17.5 Å². The summed E-state index contributed by atoms with van der Waals surface area (Å²) in [5.74, 6) is 5.64. The first kappa shape index (κ1) is 14.2. The molecule has 0 bridgehead atoms. The Balaban J connectivity index is 2.40. The molecule has 17 heavy (non-hydrogen) atoms. The predicted octanol–water partition coefficient (Wildman–Crippen LogP) is 2.59. The molecule has 0 amide bonds. The Labute approximate surface area is 105 Å². The summed E-state index contributed by atoms with van der Waals surface area (Å²) in [5, 5.41) is 4.36. The molecule has 4 heteroatoms. The van der Waals surface area contributed by atoms with Crippen LogP contribution in [0.5, 0.6) is 0 Å². The standard InChI is InChI=1S/C13H26N4/c1-4-5-6-7-8-9-13(15-14)12-10-17(3)16-11(12)2/h10,13,15H,4-9,14H2,1-3H3. The predicted molar refractivity (Wildman–Crippen MR) is 71.4 cm³/mol. The lowest BCUT2D eigenvalue weighted by atomic mass is 10.0. The van der Waals surface area contributed by atoms with Gasteiger partial charge in [0.25, 0.3) is 0 Å². The maximum atomic E-state index is 5.64. The summed E-state index contributed by atoms with van der Waals surface area (Å²) in [6.07, 6.45) is 9.64. The van der Waals surface area contributed by atoms with Gasteiger partial charge in [-0.25, -0.2) is 0 Å². The zero-order valence-electron chi connectivity index (χ0n) is 11.4. The highest BCUT2D eigenvalue weighted by Crippen LogP contribution is 2.21. The van der Waals surface area contributed by atoms with Gasteiger partial charge in [-0.2, -0.15) is 5.10 Å². The zero-order valence-corrected chi connectivity index (χ0v) is 11.4. The van der Waals surface area contributed by atoms with Gasteiger partial charge in [-0.05, 0) is 13.3 Å². The van der Waals surface area contributed by atoms with Crippen LogP contribution in [0.4, 0.5) is 0 Å². The van der Waals surface area contributed by atoms with Gasteiger partial charge in [0.2, 0.25) is 0 Å². The third-order valence-corrected chi connectivity index (χ3v) is 3.22. The number of hydrogen-bond donors (Lipinski definition) is 2. The molecule has 1 aromatic rings. The molecular formula is C13H26N4. The first-order valence-corrected chi connectivity index (χ1v) is 6.65. The van der Waals surface area contributed by atoms with Crippen LogP contribution in [-0.4, -0.2) is 9.78 Å². The van der Waals surface area contributed by atoms with Crippen molar-refractivity contribution in [2.24, 2.45) is 12.9 Å². The van der Waals surface area contributed by atoms with Crippen LogP contribution in [0.3, 0.4) is 0 Å². The van der Waals surface area contributed by atoms with E-state index < -0.39 is 0 Å². The third kappa shape index (κ3) is 4.48. The van der Waals surface area contributed by atoms with E-state index in [0.29, 0.717) is 0 Å². The van der Waals surface area contributed by atoms with E-state index in [0.717, 1.165) is 12.1 Å². The molecule has 4 nitrogen and oxygen atoms in total. The summed E-state index contributed by atoms with van der Waals surface area (Å²) in [5.41, 5.74) is 5.21. The van der Waals surface area contributed by atoms with Gasteiger partial charge in [-0.15, -0.1) is 0 Å². The summed E-state index contributed by atoms with van der Waals surface area (Å²) in [7, 11) is 1.95. The van der Waals surface area contributed by atoms with E-state index in [1.165, 1.54) is 37.7 Å². The second-order valence-electron chi connectivity index (χ2n) is 4.77. The maximum absolute atomic E-state index is 5.64. The quantitative estimate of drug-likeness (QED) is 0.416. The van der Waals surface area contributed by atoms with Gasteiger partial charge in [-0.1, -0.05) is 39.0 Å². The molecular weight excluding hydrogens is 212 g/mol. The van der Waals surface area contributed by atoms with E-state index in [4.69, 9.17) is 5.84 Å². The number of aryl methyl sites for hydroxylation is 2. The van der Waals surface area contributed by atoms with Gasteiger partial charge >= 0.3 is 0 Å². The van der Waals surface area contributed by atoms with Gasteiger partial charge in [0.15, 0.2) is 0 Å². The molecule has 1 aromatic heterocycles. The number of nitrogens with zero attached hydrogens (tertiary/aromatic N) is 2. The maximum Gasteiger partial charge on any atom is 0.0641 e. The topological polar surface area (TPSA) is 55.9 Å². The van der Waals surface area contributed by atoms with Crippen molar-refractivity contribution in [2.45, 2.75) is 58.4 Å². The van der Waals surface area contributed by atoms with Crippen LogP contribution in [0.25, 0.3) is 0 Å². The van der Waals surface area contributed by atoms with Crippen LogP contribution in [0.15, 0.2) is 6.20 Å². The summed E-state index contributed by atoms with van der Waals surface area (Å²) in [6, 6.07) is 0.241. The Hall–Kier alpha value is -0.870. The van der Waals surface area contributed by atoms with Crippen LogP contribution in [0.1, 0.15) is 62.7 Å². The van der Waals surface area contributed by atoms with Crippen LogP contribution >= 0.6 is 0 Å². The van der Waals surface area contributed by atoms with Gasteiger partial charge < -0.3 is 0 Å². The molecule has 0 aromatic carbocycles. The molecule has 1 unspecified atom stereocenters. The number of hydrazine groups is 1. The fraction of sp³-hybridized carbons (Fsp3) is 0.769. The minimum absolute atomic E-state index is 0.241. The highest BCUT2D eigenvalue weighted by molar-refractivity contribution is 5.19. The Kier molecular flexibility index (Phi) is 6.22. The van der Waals surface area contributed by atoms with E-state index in [1.54, 1.807) is 0 Å². The molecule has 0 radical (unpaired) electrons. The van der Waals surface area contributed by atoms with Crippen molar-refractivity contribution in [1.82, 2.24) is 15.2 Å². The molecule has 0 aliphatic carbocycles. The lowest BCUT2D eigenvalue weighted by molar-refractivity contribution is 0.477. The van der Waals surface area contributed by atoms with E-state index in [9.17, 15) is 0 Å². The number of unbranched alkanes of at least 4 members (excludes halogenated alkanes) is 4. The first-order chi connectivity index (χ1) is 8.19. The average Bonchev–Trinajstić information content (AvgIpc) is 2.63. The van der Waals surface area contributed by atoms with Crippen molar-refractivity contribution < 1.29 is 0 Å². The Bertz CT molecular complexity index is 319. The molecule has 98 valence electrons. The molecule has 0 fully saturated rings. The molecule has 0 spiro atoms. The second kappa shape index (κ2) is 7.45. The molecule has 1 atom stereocenters. The van der Waals surface area contributed by atoms with Crippen molar-refractivity contribution >= 4 is 0 Å². The second-order valence-corrected chi connectivity index (χ2v) is 4.77. The lowest BCUT2D eigenvalue weighted by Crippen LogP contribution is -2.28. The highest BCUT2D eigenvalue weighted by atomic mass is 15.3. The number of nitrogens with two attached hydrogens (primary N) is 1. The molecule has 0 saturated carbocycles. The normalized spacial score (nSPS) is 12.9. The van der Waals surface area contributed by atoms with Crippen LogP contribution in [0, 0.1) is 6.92 Å². The molecule has 3 N–H and O–H groups in total. The van der Waals surface area contributed by atoms with E-state index in [-0.39, 0.29) is 6.04 Å². The van der Waals surface area contributed by atoms with Crippen molar-refractivity contribution in [3.63, 3.8) is 0 Å². The number of nitrogens with one attached hydrogen (secondary N) is 1. The summed E-state index contributed by atoms with van der Waals surface area (Å²) < 4.78 is 1.85. The molecule has 1 heterocycles. The first-order valence-electron chi connectivity index (χ1n) is 6.65. The summed E-state index contributed by atoms with van der Waals surface area (Å²) >= 11 is 0. The Morgan fingerprint density at radius 1 is 1.35 bits per heavy atom. The Morgan fingerprint density at radius 2 is 2.06 bits per heavy atom. The molecule has 0 aliphatic heterocycles. The smallest absolute Gasteiger partial charge is 0.0641 e. The third-order valence-electron chi connectivity index (χ3n) is 3.22. The minimum atomic E-state index is 0.241. The fourth-order valence-corrected chi connectivity index (χ4v) is 2.24. The van der Waals surface area contributed by atoms with Crippen LogP contribution < -0.4 is 11.3 Å². The molecule has 0 aliphatic rings. The van der Waals surface area contributed by atoms with E-state index in [1.807, 2.05) is 18.7 Å². The largest absolute Gasteiger partial charge is 0.275 e. The van der Waals surface area contributed by atoms with E-state index >= 15 is 0 Å². The van der Waals surface area contributed by atoms with Crippen LogP contribution in [0.2, 0.25) is 0 Å². The monoisotopic (exact) mass is 238 g/mol. The lowest BCUT2D eigenvalue weighted by Gasteiger charge is -2.14. The van der Waals surface area contributed by atoms with Gasteiger partial charge in [0.05, 0.1) is 5.69 Å². The van der Waals surface area contributed by atoms with Gasteiger partial charge in [0.1, 0.15) is 0 Å². The number of hydrogen-bond acceptors (Lipinski definition) is 3. The fourth-order valence-electron chi connectivity index (χ4n) is 2.24. The van der Waals surface area contributed by atoms with Crippen molar-refractivity contribution in [3.8, 4) is 0 Å². The molecule has 1 rings (SSSR count). The summed E-state index contributed by atoms with van der Waals surface area (Å²) in [4.78, 5) is 0. The van der Waals surface area contributed by atoms with Crippen LogP contribution in [-0.2, 0) is 7.05 Å². The average molecular weight is 238 g/mol. The van der Waals surface area contributed by atoms with Gasteiger partial charge in [-0.3, -0.25) is 16.0 Å². The number of rotatable bonds is 8. The van der Waals surface area contributed by atoms with Crippen molar-refractivity contribution in [2.75, 3.05) is 0 Å². The minimum Gasteiger partial charge on any atom is -0.275 e. The van der Waals surface area contributed by atoms with Crippen molar-refractivity contribution in [1.29, 1.82) is 0 Å².